The summed E-state index contributed by atoms with van der Waals surface area (Å²) in [7, 11) is 0. The van der Waals surface area contributed by atoms with Crippen molar-refractivity contribution in [1.29, 1.82) is 0 Å². The Kier molecular flexibility index (Phi) is 6.85. The number of rotatable bonds is 8. The van der Waals surface area contributed by atoms with Gasteiger partial charge in [-0.25, -0.2) is 0 Å². The molecular weight excluding hydrogens is 232 g/mol. The van der Waals surface area contributed by atoms with Gasteiger partial charge in [0.2, 0.25) is 0 Å². The van der Waals surface area contributed by atoms with Gasteiger partial charge in [0.15, 0.2) is 0 Å². The van der Waals surface area contributed by atoms with Crippen LogP contribution < -0.4 is 0 Å². The molecule has 1 heteroatoms. The maximum Gasteiger partial charge on any atom is 0.110 e. The first-order chi connectivity index (χ1) is 9.02. The van der Waals surface area contributed by atoms with Gasteiger partial charge >= 0.3 is 0 Å². The van der Waals surface area contributed by atoms with Crippen LogP contribution in [0.3, 0.4) is 0 Å². The summed E-state index contributed by atoms with van der Waals surface area (Å²) in [5, 5.41) is 0. The SMILES string of the molecule is CCCCCCCCOC1(C(C)(C)C)C=[C]CC=C1. The average molecular weight is 263 g/mol. The lowest BCUT2D eigenvalue weighted by Gasteiger charge is -2.41. The van der Waals surface area contributed by atoms with Crippen molar-refractivity contribution in [2.75, 3.05) is 6.61 Å². The zero-order valence-electron chi connectivity index (χ0n) is 13.3. The lowest BCUT2D eigenvalue weighted by molar-refractivity contribution is -0.0483. The number of hydrogen-bond acceptors (Lipinski definition) is 1. The van der Waals surface area contributed by atoms with E-state index in [2.05, 4.69) is 52.0 Å². The van der Waals surface area contributed by atoms with Crippen molar-refractivity contribution >= 4 is 0 Å². The standard InChI is InChI=1S/C18H31O/c1-5-6-7-8-9-13-16-19-18(17(2,3)4)14-11-10-12-15-18/h11,14-15H,5-10,13,16H2,1-4H3. The minimum atomic E-state index is -0.255. The molecule has 0 N–H and O–H groups in total. The molecule has 0 saturated heterocycles. The minimum Gasteiger partial charge on any atom is -0.366 e. The molecule has 0 amide bonds. The molecule has 1 aliphatic rings. The van der Waals surface area contributed by atoms with Crippen molar-refractivity contribution < 1.29 is 4.74 Å². The highest BCUT2D eigenvalue weighted by atomic mass is 16.5. The molecule has 0 fully saturated rings. The van der Waals surface area contributed by atoms with Crippen LogP contribution in [0.5, 0.6) is 0 Å². The second-order valence-electron chi connectivity index (χ2n) is 6.61. The van der Waals surface area contributed by atoms with Crippen LogP contribution in [0.15, 0.2) is 18.2 Å². The smallest absolute Gasteiger partial charge is 0.110 e. The molecular formula is C18H31O. The van der Waals surface area contributed by atoms with Gasteiger partial charge < -0.3 is 4.74 Å². The Hall–Kier alpha value is -0.560. The van der Waals surface area contributed by atoms with Crippen LogP contribution in [0.1, 0.15) is 72.6 Å². The summed E-state index contributed by atoms with van der Waals surface area (Å²) in [5.74, 6) is 0. The molecule has 0 saturated carbocycles. The molecule has 0 spiro atoms. The quantitative estimate of drug-likeness (QED) is 0.417. The normalized spacial score (nSPS) is 17.9. The van der Waals surface area contributed by atoms with E-state index in [-0.39, 0.29) is 11.0 Å². The Morgan fingerprint density at radius 2 is 1.79 bits per heavy atom. The number of unbranched alkanes of at least 4 members (excludes halogenated alkanes) is 5. The van der Waals surface area contributed by atoms with E-state index in [1.165, 1.54) is 38.5 Å². The van der Waals surface area contributed by atoms with Crippen LogP contribution in [0.2, 0.25) is 0 Å². The van der Waals surface area contributed by atoms with Crippen LogP contribution in [0.25, 0.3) is 0 Å². The first-order valence-electron chi connectivity index (χ1n) is 7.91. The van der Waals surface area contributed by atoms with Gasteiger partial charge in [-0.3, -0.25) is 0 Å². The first kappa shape index (κ1) is 16.5. The van der Waals surface area contributed by atoms with E-state index in [1.54, 1.807) is 0 Å². The number of allylic oxidation sites excluding steroid dienone is 2. The predicted octanol–water partition coefficient (Wildman–Crippen LogP) is 5.47. The minimum absolute atomic E-state index is 0.0825. The summed E-state index contributed by atoms with van der Waals surface area (Å²) in [6, 6.07) is 0. The molecule has 109 valence electrons. The fraction of sp³-hybridized carbons (Fsp3) is 0.778. The zero-order chi connectivity index (χ0) is 14.2. The maximum atomic E-state index is 6.24. The van der Waals surface area contributed by atoms with E-state index in [0.717, 1.165) is 13.0 Å². The Morgan fingerprint density at radius 1 is 1.11 bits per heavy atom. The topological polar surface area (TPSA) is 9.23 Å². The van der Waals surface area contributed by atoms with E-state index in [0.29, 0.717) is 0 Å². The summed E-state index contributed by atoms with van der Waals surface area (Å²) < 4.78 is 6.24. The predicted molar refractivity (Wildman–Crippen MR) is 83.1 cm³/mol. The fourth-order valence-electron chi connectivity index (χ4n) is 2.46. The molecule has 1 rings (SSSR count). The molecule has 0 bridgehead atoms. The largest absolute Gasteiger partial charge is 0.366 e. The lowest BCUT2D eigenvalue weighted by atomic mass is 9.74. The van der Waals surface area contributed by atoms with Crippen molar-refractivity contribution in [2.24, 2.45) is 5.41 Å². The Morgan fingerprint density at radius 3 is 2.37 bits per heavy atom. The second kappa shape index (κ2) is 7.89. The summed E-state index contributed by atoms with van der Waals surface area (Å²) in [5.41, 5.74) is -0.173. The highest BCUT2D eigenvalue weighted by molar-refractivity contribution is 5.22. The summed E-state index contributed by atoms with van der Waals surface area (Å²) >= 11 is 0. The van der Waals surface area contributed by atoms with E-state index >= 15 is 0 Å². The van der Waals surface area contributed by atoms with Crippen LogP contribution in [0.4, 0.5) is 0 Å². The van der Waals surface area contributed by atoms with E-state index in [4.69, 9.17) is 4.74 Å². The molecule has 1 atom stereocenters. The van der Waals surface area contributed by atoms with E-state index in [1.807, 2.05) is 0 Å². The van der Waals surface area contributed by atoms with Gasteiger partial charge in [0.1, 0.15) is 5.60 Å². The van der Waals surface area contributed by atoms with Gasteiger partial charge in [-0.1, -0.05) is 72.0 Å². The molecule has 1 aliphatic carbocycles. The van der Waals surface area contributed by atoms with Crippen molar-refractivity contribution in [3.63, 3.8) is 0 Å². The van der Waals surface area contributed by atoms with Crippen molar-refractivity contribution in [3.05, 3.63) is 24.3 Å². The van der Waals surface area contributed by atoms with Gasteiger partial charge in [0.25, 0.3) is 0 Å². The van der Waals surface area contributed by atoms with Gasteiger partial charge in [-0.2, -0.15) is 0 Å². The Bertz CT molecular complexity index is 281. The van der Waals surface area contributed by atoms with Gasteiger partial charge in [-0.15, -0.1) is 0 Å². The van der Waals surface area contributed by atoms with E-state index in [9.17, 15) is 0 Å². The number of hydrogen-bond donors (Lipinski definition) is 0. The van der Waals surface area contributed by atoms with Crippen molar-refractivity contribution in [3.8, 4) is 0 Å². The molecule has 0 aromatic carbocycles. The molecule has 0 heterocycles. The summed E-state index contributed by atoms with van der Waals surface area (Å²) in [6.45, 7) is 9.83. The van der Waals surface area contributed by atoms with Crippen LogP contribution >= 0.6 is 0 Å². The van der Waals surface area contributed by atoms with Crippen LogP contribution in [0, 0.1) is 11.5 Å². The van der Waals surface area contributed by atoms with Crippen LogP contribution in [-0.2, 0) is 4.74 Å². The van der Waals surface area contributed by atoms with Gasteiger partial charge in [-0.05, 0) is 30.4 Å². The Labute approximate surface area is 120 Å². The third-order valence-corrected chi connectivity index (χ3v) is 3.93. The lowest BCUT2D eigenvalue weighted by Crippen LogP contribution is -2.43. The van der Waals surface area contributed by atoms with Crippen LogP contribution in [-0.4, -0.2) is 12.2 Å². The summed E-state index contributed by atoms with van der Waals surface area (Å²) in [4.78, 5) is 0. The Balaban J connectivity index is 2.33. The van der Waals surface area contributed by atoms with Crippen molar-refractivity contribution in [2.45, 2.75) is 78.2 Å². The molecule has 0 aromatic heterocycles. The highest BCUT2D eigenvalue weighted by Gasteiger charge is 2.39. The third kappa shape index (κ3) is 5.14. The summed E-state index contributed by atoms with van der Waals surface area (Å²) in [6.07, 6.45) is 18.6. The molecule has 1 unspecified atom stereocenters. The molecule has 1 radical (unpaired) electrons. The maximum absolute atomic E-state index is 6.24. The molecule has 0 aliphatic heterocycles. The molecule has 19 heavy (non-hydrogen) atoms. The second-order valence-corrected chi connectivity index (χ2v) is 6.61. The molecule has 1 nitrogen and oxygen atoms in total. The fourth-order valence-corrected chi connectivity index (χ4v) is 2.46. The number of ether oxygens (including phenoxy) is 1. The van der Waals surface area contributed by atoms with Gasteiger partial charge in [0.05, 0.1) is 0 Å². The van der Waals surface area contributed by atoms with Gasteiger partial charge in [0, 0.05) is 6.61 Å². The van der Waals surface area contributed by atoms with Crippen molar-refractivity contribution in [1.82, 2.24) is 0 Å². The first-order valence-corrected chi connectivity index (χ1v) is 7.91. The zero-order valence-corrected chi connectivity index (χ0v) is 13.3. The third-order valence-electron chi connectivity index (χ3n) is 3.93. The molecule has 0 aromatic rings. The highest BCUT2D eigenvalue weighted by Crippen LogP contribution is 2.38. The van der Waals surface area contributed by atoms with E-state index < -0.39 is 0 Å². The average Bonchev–Trinajstić information content (AvgIpc) is 2.37. The monoisotopic (exact) mass is 263 g/mol.